The predicted octanol–water partition coefficient (Wildman–Crippen LogP) is 2.11. The monoisotopic (exact) mass is 296 g/mol. The molecule has 2 heterocycles. The van der Waals surface area contributed by atoms with Crippen molar-refractivity contribution in [1.29, 1.82) is 0 Å². The molecule has 0 aromatic carbocycles. The Kier molecular flexibility index (Phi) is 4.91. The van der Waals surface area contributed by atoms with Crippen molar-refractivity contribution in [2.45, 2.75) is 76.9 Å². The highest BCUT2D eigenvalue weighted by molar-refractivity contribution is 5.82. The van der Waals surface area contributed by atoms with E-state index in [9.17, 15) is 14.7 Å². The van der Waals surface area contributed by atoms with Crippen molar-refractivity contribution in [2.75, 3.05) is 13.1 Å². The molecule has 5 heteroatoms. The number of rotatable bonds is 3. The SMILES string of the molecule is CC1CCCC(C)N1C(=O)CN1CCCCC1(C)C(=O)O. The standard InChI is InChI=1S/C16H28N2O3/c1-12-7-6-8-13(2)18(12)14(19)11-17-10-5-4-9-16(17,3)15(20)21/h12-13H,4-11H2,1-3H3,(H,20,21). The first-order valence-corrected chi connectivity index (χ1v) is 8.16. The number of likely N-dealkylation sites (tertiary alicyclic amines) is 2. The molecule has 1 N–H and O–H groups in total. The number of aliphatic carboxylic acids is 1. The van der Waals surface area contributed by atoms with Crippen molar-refractivity contribution in [3.63, 3.8) is 0 Å². The van der Waals surface area contributed by atoms with Crippen molar-refractivity contribution < 1.29 is 14.7 Å². The van der Waals surface area contributed by atoms with Gasteiger partial charge in [-0.25, -0.2) is 0 Å². The number of carboxylic acids is 1. The summed E-state index contributed by atoms with van der Waals surface area (Å²) < 4.78 is 0. The van der Waals surface area contributed by atoms with Crippen molar-refractivity contribution >= 4 is 11.9 Å². The number of carboxylic acid groups (broad SMARTS) is 1. The quantitative estimate of drug-likeness (QED) is 0.866. The molecular formula is C16H28N2O3. The zero-order chi connectivity index (χ0) is 15.6. The number of amides is 1. The van der Waals surface area contributed by atoms with Gasteiger partial charge in [0.2, 0.25) is 5.91 Å². The average Bonchev–Trinajstić information content (AvgIpc) is 2.41. The highest BCUT2D eigenvalue weighted by Gasteiger charge is 2.43. The molecule has 5 nitrogen and oxygen atoms in total. The lowest BCUT2D eigenvalue weighted by atomic mass is 9.88. The van der Waals surface area contributed by atoms with Gasteiger partial charge in [0.1, 0.15) is 5.54 Å². The van der Waals surface area contributed by atoms with E-state index in [2.05, 4.69) is 13.8 Å². The second kappa shape index (κ2) is 6.34. The van der Waals surface area contributed by atoms with E-state index in [1.165, 1.54) is 6.42 Å². The number of hydrogen-bond donors (Lipinski definition) is 1. The molecular weight excluding hydrogens is 268 g/mol. The molecule has 2 fully saturated rings. The van der Waals surface area contributed by atoms with Gasteiger partial charge in [-0.05, 0) is 65.8 Å². The molecule has 3 unspecified atom stereocenters. The number of carbonyl (C=O) groups is 2. The van der Waals surface area contributed by atoms with Crippen LogP contribution in [-0.4, -0.2) is 57.5 Å². The maximum absolute atomic E-state index is 12.7. The zero-order valence-electron chi connectivity index (χ0n) is 13.5. The van der Waals surface area contributed by atoms with Gasteiger partial charge in [0.05, 0.1) is 6.54 Å². The van der Waals surface area contributed by atoms with Gasteiger partial charge < -0.3 is 10.0 Å². The molecule has 0 aliphatic carbocycles. The van der Waals surface area contributed by atoms with E-state index in [0.29, 0.717) is 13.0 Å². The van der Waals surface area contributed by atoms with Gasteiger partial charge in [0.15, 0.2) is 0 Å². The Hall–Kier alpha value is -1.10. The van der Waals surface area contributed by atoms with Crippen LogP contribution in [0.1, 0.15) is 59.3 Å². The smallest absolute Gasteiger partial charge is 0.323 e. The first-order chi connectivity index (χ1) is 9.86. The van der Waals surface area contributed by atoms with Crippen LogP contribution in [0.15, 0.2) is 0 Å². The minimum Gasteiger partial charge on any atom is -0.480 e. The van der Waals surface area contributed by atoms with Gasteiger partial charge in [-0.15, -0.1) is 0 Å². The maximum atomic E-state index is 12.7. The van der Waals surface area contributed by atoms with E-state index in [1.54, 1.807) is 6.92 Å². The molecule has 0 aromatic rings. The second-order valence-corrected chi connectivity index (χ2v) is 6.89. The molecule has 3 atom stereocenters. The topological polar surface area (TPSA) is 60.9 Å². The molecule has 1 amide bonds. The number of piperidine rings is 2. The van der Waals surface area contributed by atoms with Crippen molar-refractivity contribution in [3.8, 4) is 0 Å². The van der Waals surface area contributed by atoms with Crippen molar-refractivity contribution in [3.05, 3.63) is 0 Å². The number of nitrogens with zero attached hydrogens (tertiary/aromatic N) is 2. The van der Waals surface area contributed by atoms with E-state index in [-0.39, 0.29) is 24.5 Å². The van der Waals surface area contributed by atoms with Crippen LogP contribution >= 0.6 is 0 Å². The summed E-state index contributed by atoms with van der Waals surface area (Å²) in [6.45, 7) is 6.88. The lowest BCUT2D eigenvalue weighted by molar-refractivity contribution is -0.155. The van der Waals surface area contributed by atoms with Crippen LogP contribution in [0.2, 0.25) is 0 Å². The van der Waals surface area contributed by atoms with Crippen LogP contribution < -0.4 is 0 Å². The Balaban J connectivity index is 2.08. The Bertz CT molecular complexity index is 402. The van der Waals surface area contributed by atoms with Crippen LogP contribution in [0, 0.1) is 0 Å². The maximum Gasteiger partial charge on any atom is 0.323 e. The fraction of sp³-hybridized carbons (Fsp3) is 0.875. The first kappa shape index (κ1) is 16.3. The predicted molar refractivity (Wildman–Crippen MR) is 81.1 cm³/mol. The Morgan fingerprint density at radius 1 is 1.14 bits per heavy atom. The molecule has 2 saturated heterocycles. The summed E-state index contributed by atoms with van der Waals surface area (Å²) in [6.07, 6.45) is 5.78. The molecule has 120 valence electrons. The highest BCUT2D eigenvalue weighted by Crippen LogP contribution is 2.29. The van der Waals surface area contributed by atoms with Gasteiger partial charge in [0, 0.05) is 12.1 Å². The molecule has 0 bridgehead atoms. The summed E-state index contributed by atoms with van der Waals surface area (Å²) in [5.41, 5.74) is -0.893. The third kappa shape index (κ3) is 3.23. The normalized spacial score (nSPS) is 34.7. The Morgan fingerprint density at radius 2 is 1.76 bits per heavy atom. The van der Waals surface area contributed by atoms with Gasteiger partial charge in [-0.1, -0.05) is 0 Å². The van der Waals surface area contributed by atoms with Gasteiger partial charge in [-0.3, -0.25) is 14.5 Å². The lowest BCUT2D eigenvalue weighted by Gasteiger charge is -2.44. The van der Waals surface area contributed by atoms with Gasteiger partial charge in [-0.2, -0.15) is 0 Å². The lowest BCUT2D eigenvalue weighted by Crippen LogP contribution is -2.59. The van der Waals surface area contributed by atoms with E-state index >= 15 is 0 Å². The molecule has 21 heavy (non-hydrogen) atoms. The molecule has 0 aromatic heterocycles. The largest absolute Gasteiger partial charge is 0.480 e. The van der Waals surface area contributed by atoms with Crippen LogP contribution in [0.5, 0.6) is 0 Å². The molecule has 2 aliphatic rings. The van der Waals surface area contributed by atoms with Crippen molar-refractivity contribution in [1.82, 2.24) is 9.80 Å². The minimum absolute atomic E-state index is 0.0871. The summed E-state index contributed by atoms with van der Waals surface area (Å²) in [5.74, 6) is -0.723. The first-order valence-electron chi connectivity index (χ1n) is 8.16. The third-order valence-corrected chi connectivity index (χ3v) is 5.31. The van der Waals surface area contributed by atoms with E-state index in [1.807, 2.05) is 9.80 Å². The molecule has 2 aliphatic heterocycles. The van der Waals surface area contributed by atoms with E-state index in [4.69, 9.17) is 0 Å². The summed E-state index contributed by atoms with van der Waals surface area (Å²) >= 11 is 0. The molecule has 0 radical (unpaired) electrons. The van der Waals surface area contributed by atoms with Crippen molar-refractivity contribution in [2.24, 2.45) is 0 Å². The fourth-order valence-corrected chi connectivity index (χ4v) is 3.83. The molecule has 0 spiro atoms. The number of carbonyl (C=O) groups excluding carboxylic acids is 1. The molecule has 2 rings (SSSR count). The Labute approximate surface area is 127 Å². The highest BCUT2D eigenvalue weighted by atomic mass is 16.4. The molecule has 0 saturated carbocycles. The van der Waals surface area contributed by atoms with E-state index in [0.717, 1.165) is 25.7 Å². The Morgan fingerprint density at radius 3 is 2.33 bits per heavy atom. The summed E-state index contributed by atoms with van der Waals surface area (Å²) in [5, 5.41) is 9.53. The van der Waals surface area contributed by atoms with Crippen LogP contribution in [-0.2, 0) is 9.59 Å². The summed E-state index contributed by atoms with van der Waals surface area (Å²) in [7, 11) is 0. The van der Waals surface area contributed by atoms with Gasteiger partial charge in [0.25, 0.3) is 0 Å². The second-order valence-electron chi connectivity index (χ2n) is 6.89. The van der Waals surface area contributed by atoms with Crippen LogP contribution in [0.4, 0.5) is 0 Å². The average molecular weight is 296 g/mol. The number of hydrogen-bond acceptors (Lipinski definition) is 3. The fourth-order valence-electron chi connectivity index (χ4n) is 3.83. The van der Waals surface area contributed by atoms with Crippen LogP contribution in [0.3, 0.4) is 0 Å². The van der Waals surface area contributed by atoms with Crippen LogP contribution in [0.25, 0.3) is 0 Å². The minimum atomic E-state index is -0.893. The third-order valence-electron chi connectivity index (χ3n) is 5.31. The summed E-state index contributed by atoms with van der Waals surface area (Å²) in [6, 6.07) is 0.532. The zero-order valence-corrected chi connectivity index (χ0v) is 13.5. The van der Waals surface area contributed by atoms with Gasteiger partial charge >= 0.3 is 5.97 Å². The summed E-state index contributed by atoms with van der Waals surface area (Å²) in [4.78, 5) is 28.1. The van der Waals surface area contributed by atoms with E-state index < -0.39 is 11.5 Å².